The highest BCUT2D eigenvalue weighted by atomic mass is 19.4. The summed E-state index contributed by atoms with van der Waals surface area (Å²) in [5, 5.41) is 0. The normalized spacial score (nSPS) is 20.5. The van der Waals surface area contributed by atoms with Gasteiger partial charge in [-0.05, 0) is 31.5 Å². The van der Waals surface area contributed by atoms with Crippen LogP contribution in [0.2, 0.25) is 0 Å². The third-order valence-corrected chi connectivity index (χ3v) is 3.80. The number of halogens is 4. The molecular weight excluding hydrogens is 286 g/mol. The molecule has 0 bridgehead atoms. The van der Waals surface area contributed by atoms with Gasteiger partial charge < -0.3 is 4.90 Å². The van der Waals surface area contributed by atoms with Crippen molar-refractivity contribution < 1.29 is 22.4 Å². The van der Waals surface area contributed by atoms with E-state index in [0.717, 1.165) is 0 Å². The number of likely N-dealkylation sites (tertiary alicyclic amines) is 1. The molecule has 0 aliphatic carbocycles. The summed E-state index contributed by atoms with van der Waals surface area (Å²) >= 11 is 0. The van der Waals surface area contributed by atoms with Crippen molar-refractivity contribution in [3.8, 4) is 0 Å². The Labute approximate surface area is 120 Å². The monoisotopic (exact) mass is 303 g/mol. The summed E-state index contributed by atoms with van der Waals surface area (Å²) in [7, 11) is 0. The first-order valence-electron chi connectivity index (χ1n) is 6.94. The first kappa shape index (κ1) is 15.9. The van der Waals surface area contributed by atoms with Gasteiger partial charge in [-0.2, -0.15) is 13.2 Å². The second kappa shape index (κ2) is 6.56. The molecule has 0 spiro atoms. The second-order valence-electron chi connectivity index (χ2n) is 5.33. The van der Waals surface area contributed by atoms with Crippen molar-refractivity contribution in [1.29, 1.82) is 0 Å². The minimum Gasteiger partial charge on any atom is -0.302 e. The van der Waals surface area contributed by atoms with Gasteiger partial charge in [-0.15, -0.1) is 0 Å². The SMILES string of the molecule is O=C(CCN1CCCC(C(F)(F)F)C1)c1ccccc1F. The lowest BCUT2D eigenvalue weighted by Gasteiger charge is -2.33. The van der Waals surface area contributed by atoms with E-state index in [1.54, 1.807) is 11.0 Å². The number of rotatable bonds is 4. The summed E-state index contributed by atoms with van der Waals surface area (Å²) in [5.74, 6) is -2.29. The third kappa shape index (κ3) is 4.27. The fraction of sp³-hybridized carbons (Fsp3) is 0.533. The van der Waals surface area contributed by atoms with Crippen LogP contribution in [0.15, 0.2) is 24.3 Å². The maximum absolute atomic E-state index is 13.4. The van der Waals surface area contributed by atoms with Gasteiger partial charge in [-0.1, -0.05) is 12.1 Å². The quantitative estimate of drug-likeness (QED) is 0.625. The number of nitrogens with zero attached hydrogens (tertiary/aromatic N) is 1. The summed E-state index contributed by atoms with van der Waals surface area (Å²) in [6.07, 6.45) is -3.54. The number of carbonyl (C=O) groups is 1. The highest BCUT2D eigenvalue weighted by molar-refractivity contribution is 5.96. The Kier molecular flexibility index (Phi) is 4.98. The largest absolute Gasteiger partial charge is 0.393 e. The van der Waals surface area contributed by atoms with Crippen LogP contribution in [0.5, 0.6) is 0 Å². The Bertz CT molecular complexity index is 501. The molecule has 0 N–H and O–H groups in total. The zero-order valence-electron chi connectivity index (χ0n) is 11.5. The van der Waals surface area contributed by atoms with E-state index in [4.69, 9.17) is 0 Å². The van der Waals surface area contributed by atoms with E-state index in [0.29, 0.717) is 13.0 Å². The second-order valence-corrected chi connectivity index (χ2v) is 5.33. The molecule has 1 aromatic carbocycles. The van der Waals surface area contributed by atoms with Crippen LogP contribution in [0.25, 0.3) is 0 Å². The fourth-order valence-corrected chi connectivity index (χ4v) is 2.61. The number of ketones is 1. The van der Waals surface area contributed by atoms with Crippen molar-refractivity contribution in [3.63, 3.8) is 0 Å². The molecule has 1 heterocycles. The Morgan fingerprint density at radius 1 is 1.29 bits per heavy atom. The molecule has 21 heavy (non-hydrogen) atoms. The predicted octanol–water partition coefficient (Wildman–Crippen LogP) is 3.67. The van der Waals surface area contributed by atoms with E-state index >= 15 is 0 Å². The van der Waals surface area contributed by atoms with Crippen LogP contribution in [0.1, 0.15) is 29.6 Å². The van der Waals surface area contributed by atoms with Crippen LogP contribution in [-0.4, -0.2) is 36.5 Å². The molecule has 1 aliphatic heterocycles. The van der Waals surface area contributed by atoms with E-state index < -0.39 is 17.9 Å². The van der Waals surface area contributed by atoms with Gasteiger partial charge in [0.1, 0.15) is 5.82 Å². The van der Waals surface area contributed by atoms with Gasteiger partial charge in [-0.25, -0.2) is 4.39 Å². The summed E-state index contributed by atoms with van der Waals surface area (Å²) in [5.41, 5.74) is 0.00174. The maximum atomic E-state index is 13.4. The van der Waals surface area contributed by atoms with Gasteiger partial charge >= 0.3 is 6.18 Å². The first-order valence-corrected chi connectivity index (χ1v) is 6.94. The van der Waals surface area contributed by atoms with Crippen LogP contribution in [0.3, 0.4) is 0 Å². The number of Topliss-reactive ketones (excluding diaryl/α,β-unsaturated/α-hetero) is 1. The number of piperidine rings is 1. The zero-order valence-corrected chi connectivity index (χ0v) is 11.5. The Balaban J connectivity index is 1.88. The smallest absolute Gasteiger partial charge is 0.302 e. The van der Waals surface area contributed by atoms with Crippen molar-refractivity contribution >= 4 is 5.78 Å². The third-order valence-electron chi connectivity index (χ3n) is 3.80. The van der Waals surface area contributed by atoms with Gasteiger partial charge in [0.15, 0.2) is 5.78 Å². The van der Waals surface area contributed by atoms with Gasteiger partial charge in [0, 0.05) is 19.5 Å². The summed E-state index contributed by atoms with van der Waals surface area (Å²) in [6, 6.07) is 5.65. The maximum Gasteiger partial charge on any atom is 0.393 e. The molecule has 2 nitrogen and oxygen atoms in total. The molecule has 1 unspecified atom stereocenters. The van der Waals surface area contributed by atoms with E-state index in [2.05, 4.69) is 0 Å². The molecule has 116 valence electrons. The molecule has 1 atom stereocenters. The number of benzene rings is 1. The van der Waals surface area contributed by atoms with Gasteiger partial charge in [0.2, 0.25) is 0 Å². The van der Waals surface area contributed by atoms with Crippen LogP contribution < -0.4 is 0 Å². The molecule has 0 saturated carbocycles. The topological polar surface area (TPSA) is 20.3 Å². The summed E-state index contributed by atoms with van der Waals surface area (Å²) in [4.78, 5) is 13.5. The zero-order chi connectivity index (χ0) is 15.5. The molecule has 0 radical (unpaired) electrons. The van der Waals surface area contributed by atoms with Crippen LogP contribution in [0.4, 0.5) is 17.6 Å². The molecule has 1 fully saturated rings. The first-order chi connectivity index (χ1) is 9.88. The molecular formula is C15H17F4NO. The average molecular weight is 303 g/mol. The fourth-order valence-electron chi connectivity index (χ4n) is 2.61. The van der Waals surface area contributed by atoms with E-state index in [-0.39, 0.29) is 37.3 Å². The number of alkyl halides is 3. The molecule has 1 aromatic rings. The highest BCUT2D eigenvalue weighted by Gasteiger charge is 2.41. The van der Waals surface area contributed by atoms with E-state index in [9.17, 15) is 22.4 Å². The summed E-state index contributed by atoms with van der Waals surface area (Å²) in [6.45, 7) is 0.713. The lowest BCUT2D eigenvalue weighted by molar-refractivity contribution is -0.186. The molecule has 1 aliphatic rings. The average Bonchev–Trinajstić information content (AvgIpc) is 2.45. The minimum atomic E-state index is -4.19. The predicted molar refractivity (Wildman–Crippen MR) is 70.6 cm³/mol. The molecule has 0 aromatic heterocycles. The Hall–Kier alpha value is -1.43. The minimum absolute atomic E-state index is 0.00174. The molecule has 6 heteroatoms. The van der Waals surface area contributed by atoms with Gasteiger partial charge in [0.05, 0.1) is 11.5 Å². The van der Waals surface area contributed by atoms with Gasteiger partial charge in [0.25, 0.3) is 0 Å². The van der Waals surface area contributed by atoms with Gasteiger partial charge in [-0.3, -0.25) is 4.79 Å². The number of hydrogen-bond donors (Lipinski definition) is 0. The van der Waals surface area contributed by atoms with Crippen LogP contribution in [-0.2, 0) is 0 Å². The highest BCUT2D eigenvalue weighted by Crippen LogP contribution is 2.33. The molecule has 0 amide bonds. The Morgan fingerprint density at radius 3 is 2.67 bits per heavy atom. The van der Waals surface area contributed by atoms with Crippen LogP contribution >= 0.6 is 0 Å². The van der Waals surface area contributed by atoms with Crippen molar-refractivity contribution in [3.05, 3.63) is 35.6 Å². The van der Waals surface area contributed by atoms with E-state index in [1.165, 1.54) is 18.2 Å². The van der Waals surface area contributed by atoms with Crippen molar-refractivity contribution in [1.82, 2.24) is 4.90 Å². The number of carbonyl (C=O) groups excluding carboxylic acids is 1. The van der Waals surface area contributed by atoms with Crippen molar-refractivity contribution in [2.24, 2.45) is 5.92 Å². The van der Waals surface area contributed by atoms with E-state index in [1.807, 2.05) is 0 Å². The molecule has 1 saturated heterocycles. The lowest BCUT2D eigenvalue weighted by Crippen LogP contribution is -2.42. The van der Waals surface area contributed by atoms with Crippen LogP contribution in [0, 0.1) is 11.7 Å². The Morgan fingerprint density at radius 2 is 2.00 bits per heavy atom. The lowest BCUT2D eigenvalue weighted by atomic mass is 9.97. The van der Waals surface area contributed by atoms with Crippen molar-refractivity contribution in [2.75, 3.05) is 19.6 Å². The molecule has 2 rings (SSSR count). The standard InChI is InChI=1S/C15H17F4NO/c16-13-6-2-1-5-12(13)14(21)7-9-20-8-3-4-11(10-20)15(17,18)19/h1-2,5-6,11H,3-4,7-10H2. The van der Waals surface area contributed by atoms with Crippen molar-refractivity contribution in [2.45, 2.75) is 25.4 Å². The summed E-state index contributed by atoms with van der Waals surface area (Å²) < 4.78 is 51.5. The number of hydrogen-bond acceptors (Lipinski definition) is 2.